The number of esters is 2. The minimum atomic E-state index is -4.42. The fourth-order valence-electron chi connectivity index (χ4n) is 8.38. The van der Waals surface area contributed by atoms with Gasteiger partial charge in [0.15, 0.2) is 6.10 Å². The number of rotatable bonds is 61. The van der Waals surface area contributed by atoms with Gasteiger partial charge < -0.3 is 20.1 Å². The Hall–Kier alpha value is -5.67. The summed E-state index contributed by atoms with van der Waals surface area (Å²) in [6, 6.07) is 0. The second-order valence-electron chi connectivity index (χ2n) is 21.6. The standard InChI is InChI=1S/C79H122NO8P/c1-3-5-7-9-11-13-15-17-19-21-23-25-27-29-31-33-34-35-36-37-38-39-40-41-42-44-46-48-50-52-54-56-58-60-62-64-66-68-70-72-79(82)88-77(76-87-89(83,84)86-74-73-80)75-85-78(81)71-69-67-65-63-61-59-57-55-53-51-49-47-45-43-32-30-28-26-24-22-20-18-16-14-12-10-8-6-4-2/h5-8,11-14,17-20,23-26,29-32,34-35,37-38,40-41,44-47,50,52,56,58,62,64,77H,3-4,9-10,15-16,21-22,27-28,33,36,39,42-43,48-49,51,53-55,57,59-61,63,65-76,80H2,1-2H3,(H,83,84)/b7-5-,8-6-,13-11-,14-12-,19-17-,20-18-,25-23-,26-24-,31-29-,32-30-,35-34-,38-37-,41-40-,46-44-,47-45-,52-50-,58-56-,64-62-. The number of carbonyl (C=O) groups excluding carboxylic acids is 2. The van der Waals surface area contributed by atoms with Gasteiger partial charge in [-0.3, -0.25) is 18.6 Å². The van der Waals surface area contributed by atoms with Crippen LogP contribution in [-0.4, -0.2) is 49.3 Å². The minimum Gasteiger partial charge on any atom is -0.462 e. The van der Waals surface area contributed by atoms with E-state index in [0.29, 0.717) is 12.8 Å². The van der Waals surface area contributed by atoms with E-state index in [9.17, 15) is 19.0 Å². The van der Waals surface area contributed by atoms with Crippen LogP contribution in [0.5, 0.6) is 0 Å². The van der Waals surface area contributed by atoms with Crippen molar-refractivity contribution in [2.24, 2.45) is 5.73 Å². The molecule has 89 heavy (non-hydrogen) atoms. The van der Waals surface area contributed by atoms with E-state index in [1.165, 1.54) is 38.5 Å². The lowest BCUT2D eigenvalue weighted by Gasteiger charge is -2.19. The van der Waals surface area contributed by atoms with E-state index < -0.39 is 32.5 Å². The zero-order valence-electron chi connectivity index (χ0n) is 55.6. The molecule has 0 rings (SSSR count). The third kappa shape index (κ3) is 71.3. The summed E-state index contributed by atoms with van der Waals surface area (Å²) in [5.74, 6) is -0.901. The summed E-state index contributed by atoms with van der Waals surface area (Å²) in [6.07, 6.45) is 112. The van der Waals surface area contributed by atoms with Gasteiger partial charge in [0.05, 0.1) is 13.2 Å². The van der Waals surface area contributed by atoms with Crippen LogP contribution in [-0.2, 0) is 32.7 Å². The van der Waals surface area contributed by atoms with Crippen LogP contribution >= 0.6 is 7.82 Å². The van der Waals surface area contributed by atoms with Gasteiger partial charge in [-0.1, -0.05) is 284 Å². The van der Waals surface area contributed by atoms with Crippen molar-refractivity contribution in [1.29, 1.82) is 0 Å². The van der Waals surface area contributed by atoms with Gasteiger partial charge in [-0.25, -0.2) is 4.57 Å². The molecule has 0 aromatic heterocycles. The van der Waals surface area contributed by atoms with Crippen molar-refractivity contribution in [1.82, 2.24) is 0 Å². The largest absolute Gasteiger partial charge is 0.472 e. The van der Waals surface area contributed by atoms with Gasteiger partial charge >= 0.3 is 19.8 Å². The third-order valence-corrected chi connectivity index (χ3v) is 14.3. The molecule has 2 atom stereocenters. The summed E-state index contributed by atoms with van der Waals surface area (Å²) in [4.78, 5) is 35.3. The zero-order chi connectivity index (χ0) is 64.4. The van der Waals surface area contributed by atoms with Crippen LogP contribution in [0.3, 0.4) is 0 Å². The molecule has 2 unspecified atom stereocenters. The monoisotopic (exact) mass is 1240 g/mol. The van der Waals surface area contributed by atoms with Crippen LogP contribution in [0.1, 0.15) is 232 Å². The highest BCUT2D eigenvalue weighted by Gasteiger charge is 2.26. The Morgan fingerprint density at radius 3 is 0.888 bits per heavy atom. The molecule has 0 aliphatic carbocycles. The number of nitrogens with two attached hydrogens (primary N) is 1. The molecule has 0 amide bonds. The van der Waals surface area contributed by atoms with E-state index in [2.05, 4.69) is 233 Å². The number of phosphoric acid groups is 1. The maximum Gasteiger partial charge on any atom is 0.472 e. The molecule has 0 aliphatic rings. The SMILES string of the molecule is CC/C=C\C/C=C\C/C=C\C/C=C\C/C=C\C/C=C\C/C=C\C/C=C\C/C=C\C/C=C\C/C=C\C/C=C\CCCCC(=O)OC(COC(=O)CCCCCCCCCCCC/C=C\C/C=C\C/C=C\C/C=C\C/C=C\C/C=C\CC)COP(=O)(O)OCCN. The summed E-state index contributed by atoms with van der Waals surface area (Å²) < 4.78 is 33.1. The van der Waals surface area contributed by atoms with Gasteiger partial charge in [-0.05, 0) is 154 Å². The molecule has 9 nitrogen and oxygen atoms in total. The fourth-order valence-corrected chi connectivity index (χ4v) is 9.15. The summed E-state index contributed by atoms with van der Waals surface area (Å²) in [6.45, 7) is 3.43. The van der Waals surface area contributed by atoms with E-state index in [0.717, 1.165) is 154 Å². The summed E-state index contributed by atoms with van der Waals surface area (Å²) >= 11 is 0. The van der Waals surface area contributed by atoms with Crippen molar-refractivity contribution < 1.29 is 37.6 Å². The van der Waals surface area contributed by atoms with Gasteiger partial charge in [0.25, 0.3) is 0 Å². The predicted molar refractivity (Wildman–Crippen MR) is 384 cm³/mol. The molecule has 3 N–H and O–H groups in total. The first kappa shape index (κ1) is 83.3. The third-order valence-electron chi connectivity index (χ3n) is 13.4. The molecule has 10 heteroatoms. The first-order valence-electron chi connectivity index (χ1n) is 34.2. The average Bonchev–Trinajstić information content (AvgIpc) is 3.68. The molecular weight excluding hydrogens is 1120 g/mol. The Bertz CT molecular complexity index is 2260. The van der Waals surface area contributed by atoms with Crippen molar-refractivity contribution in [3.8, 4) is 0 Å². The smallest absolute Gasteiger partial charge is 0.462 e. The average molecular weight is 1240 g/mol. The van der Waals surface area contributed by atoms with Crippen molar-refractivity contribution in [2.75, 3.05) is 26.4 Å². The van der Waals surface area contributed by atoms with E-state index in [-0.39, 0.29) is 32.6 Å². The molecule has 496 valence electrons. The first-order chi connectivity index (χ1) is 43.8. The minimum absolute atomic E-state index is 0.0334. The van der Waals surface area contributed by atoms with Gasteiger partial charge in [-0.2, -0.15) is 0 Å². The zero-order valence-corrected chi connectivity index (χ0v) is 56.5. The molecule has 0 saturated carbocycles. The number of phosphoric ester groups is 1. The molecule has 0 radical (unpaired) electrons. The lowest BCUT2D eigenvalue weighted by Crippen LogP contribution is -2.29. The molecule has 0 aromatic rings. The maximum atomic E-state index is 12.7. The Labute approximate surface area is 543 Å². The molecule has 0 spiro atoms. The molecule has 0 bridgehead atoms. The van der Waals surface area contributed by atoms with Gasteiger partial charge in [0.2, 0.25) is 0 Å². The normalized spacial score (nSPS) is 14.3. The van der Waals surface area contributed by atoms with Gasteiger partial charge in [-0.15, -0.1) is 0 Å². The van der Waals surface area contributed by atoms with Crippen LogP contribution < -0.4 is 5.73 Å². The highest BCUT2D eigenvalue weighted by atomic mass is 31.2. The summed E-state index contributed by atoms with van der Waals surface area (Å²) in [5.41, 5.74) is 5.39. The second-order valence-corrected chi connectivity index (χ2v) is 23.0. The second kappa shape index (κ2) is 71.4. The Morgan fingerprint density at radius 1 is 0.337 bits per heavy atom. The predicted octanol–water partition coefficient (Wildman–Crippen LogP) is 22.8. The fraction of sp³-hybridized carbons (Fsp3) is 0.519. The lowest BCUT2D eigenvalue weighted by atomic mass is 10.1. The van der Waals surface area contributed by atoms with Gasteiger partial charge in [0, 0.05) is 19.4 Å². The van der Waals surface area contributed by atoms with Crippen LogP contribution in [0.25, 0.3) is 0 Å². The van der Waals surface area contributed by atoms with Crippen LogP contribution in [0, 0.1) is 0 Å². The van der Waals surface area contributed by atoms with E-state index in [1.807, 2.05) is 0 Å². The molecular formula is C79H122NO8P. The molecule has 0 heterocycles. The Morgan fingerprint density at radius 2 is 0.584 bits per heavy atom. The van der Waals surface area contributed by atoms with Crippen LogP contribution in [0.2, 0.25) is 0 Å². The maximum absolute atomic E-state index is 12.7. The van der Waals surface area contributed by atoms with Crippen molar-refractivity contribution in [3.63, 3.8) is 0 Å². The number of hydrogen-bond acceptors (Lipinski definition) is 8. The topological polar surface area (TPSA) is 134 Å². The Balaban J connectivity index is 4.10. The van der Waals surface area contributed by atoms with Crippen LogP contribution in [0.15, 0.2) is 219 Å². The number of unbranched alkanes of at least 4 members (excludes halogenated alkanes) is 12. The lowest BCUT2D eigenvalue weighted by molar-refractivity contribution is -0.161. The molecule has 0 aliphatic heterocycles. The number of carbonyl (C=O) groups is 2. The number of ether oxygens (including phenoxy) is 2. The van der Waals surface area contributed by atoms with Crippen LogP contribution in [0.4, 0.5) is 0 Å². The molecule has 0 fully saturated rings. The Kier molecular flexibility index (Phi) is 66.9. The highest BCUT2D eigenvalue weighted by molar-refractivity contribution is 7.47. The quantitative estimate of drug-likeness (QED) is 0.0264. The van der Waals surface area contributed by atoms with E-state index in [4.69, 9.17) is 24.3 Å². The molecule has 0 saturated heterocycles. The first-order valence-corrected chi connectivity index (χ1v) is 35.7. The van der Waals surface area contributed by atoms with Crippen molar-refractivity contribution in [3.05, 3.63) is 219 Å². The van der Waals surface area contributed by atoms with E-state index >= 15 is 0 Å². The van der Waals surface area contributed by atoms with Crippen molar-refractivity contribution in [2.45, 2.75) is 238 Å². The highest BCUT2D eigenvalue weighted by Crippen LogP contribution is 2.43. The summed E-state index contributed by atoms with van der Waals surface area (Å²) in [7, 11) is -4.42. The number of allylic oxidation sites excluding steroid dienone is 36. The van der Waals surface area contributed by atoms with Gasteiger partial charge in [0.1, 0.15) is 6.61 Å². The summed E-state index contributed by atoms with van der Waals surface area (Å²) in [5, 5.41) is 0. The number of hydrogen-bond donors (Lipinski definition) is 2. The van der Waals surface area contributed by atoms with Crippen molar-refractivity contribution >= 4 is 19.8 Å². The van der Waals surface area contributed by atoms with E-state index in [1.54, 1.807) is 0 Å². The molecule has 0 aromatic carbocycles.